The van der Waals surface area contributed by atoms with Crippen molar-refractivity contribution in [3.8, 4) is 0 Å². The van der Waals surface area contributed by atoms with Crippen molar-refractivity contribution < 1.29 is 0 Å². The molecule has 0 amide bonds. The zero-order valence-electron chi connectivity index (χ0n) is 8.65. The van der Waals surface area contributed by atoms with E-state index in [0.717, 1.165) is 5.92 Å². The molecule has 1 nitrogen and oxygen atoms in total. The van der Waals surface area contributed by atoms with E-state index >= 15 is 0 Å². The molecule has 2 atom stereocenters. The summed E-state index contributed by atoms with van der Waals surface area (Å²) in [6, 6.07) is 0.315. The first-order valence-electron chi connectivity index (χ1n) is 4.68. The molecule has 1 heteroatoms. The monoisotopic (exact) mass is 157 g/mol. The minimum Gasteiger partial charge on any atom is -0.327 e. The third kappa shape index (κ3) is 3.24. The van der Waals surface area contributed by atoms with Gasteiger partial charge in [0.25, 0.3) is 0 Å². The molecule has 11 heavy (non-hydrogen) atoms. The molecule has 0 radical (unpaired) electrons. The van der Waals surface area contributed by atoms with Gasteiger partial charge in [-0.2, -0.15) is 0 Å². The Balaban J connectivity index is 4.10. The van der Waals surface area contributed by atoms with Crippen LogP contribution in [0.25, 0.3) is 0 Å². The molecule has 68 valence electrons. The maximum atomic E-state index is 5.93. The summed E-state index contributed by atoms with van der Waals surface area (Å²) in [5, 5.41) is 0. The average Bonchev–Trinajstić information content (AvgIpc) is 1.86. The summed E-state index contributed by atoms with van der Waals surface area (Å²) in [5.41, 5.74) is 6.27. The lowest BCUT2D eigenvalue weighted by Gasteiger charge is -2.34. The highest BCUT2D eigenvalue weighted by molar-refractivity contribution is 4.81. The highest BCUT2D eigenvalue weighted by Gasteiger charge is 2.27. The van der Waals surface area contributed by atoms with Gasteiger partial charge in [-0.05, 0) is 31.1 Å². The van der Waals surface area contributed by atoms with Crippen LogP contribution >= 0.6 is 0 Å². The van der Waals surface area contributed by atoms with Crippen molar-refractivity contribution in [2.45, 2.75) is 53.5 Å². The molecule has 0 aromatic carbocycles. The van der Waals surface area contributed by atoms with Crippen LogP contribution in [-0.2, 0) is 0 Å². The molecule has 0 saturated carbocycles. The Morgan fingerprint density at radius 1 is 1.27 bits per heavy atom. The van der Waals surface area contributed by atoms with E-state index in [1.54, 1.807) is 0 Å². The Bertz CT molecular complexity index is 107. The zero-order chi connectivity index (χ0) is 9.07. The molecule has 0 aromatic heterocycles. The first kappa shape index (κ1) is 11.0. The molecule has 0 aliphatic heterocycles. The maximum absolute atomic E-state index is 5.93. The highest BCUT2D eigenvalue weighted by Crippen LogP contribution is 2.32. The lowest BCUT2D eigenvalue weighted by atomic mass is 9.75. The summed E-state index contributed by atoms with van der Waals surface area (Å²) in [4.78, 5) is 0. The molecule has 0 aromatic rings. The second-order valence-electron chi connectivity index (χ2n) is 4.39. The molecular formula is C10H23N. The maximum Gasteiger partial charge on any atom is 0.00643 e. The Hall–Kier alpha value is -0.0400. The summed E-state index contributed by atoms with van der Waals surface area (Å²) < 4.78 is 0. The lowest BCUT2D eigenvalue weighted by Crippen LogP contribution is -2.37. The molecule has 2 unspecified atom stereocenters. The third-order valence-electron chi connectivity index (χ3n) is 2.78. The standard InChI is InChI=1S/C10H23N/c1-6-10(5,9(4)11)7-8(2)3/h8-9H,6-7,11H2,1-5H3. The summed E-state index contributed by atoms with van der Waals surface area (Å²) in [6.07, 6.45) is 2.42. The molecular weight excluding hydrogens is 134 g/mol. The molecule has 0 fully saturated rings. The van der Waals surface area contributed by atoms with Gasteiger partial charge in [-0.3, -0.25) is 0 Å². The zero-order valence-corrected chi connectivity index (χ0v) is 8.65. The van der Waals surface area contributed by atoms with Crippen LogP contribution in [0.4, 0.5) is 0 Å². The molecule has 2 N–H and O–H groups in total. The molecule has 0 saturated heterocycles. The van der Waals surface area contributed by atoms with Crippen molar-refractivity contribution in [3.63, 3.8) is 0 Å². The second kappa shape index (κ2) is 4.10. The number of nitrogens with two attached hydrogens (primary N) is 1. The van der Waals surface area contributed by atoms with E-state index < -0.39 is 0 Å². The Kier molecular flexibility index (Phi) is 4.09. The van der Waals surface area contributed by atoms with Crippen LogP contribution in [0.3, 0.4) is 0 Å². The Labute approximate surface area is 71.4 Å². The van der Waals surface area contributed by atoms with E-state index in [0.29, 0.717) is 11.5 Å². The van der Waals surface area contributed by atoms with Gasteiger partial charge in [0.15, 0.2) is 0 Å². The van der Waals surface area contributed by atoms with Crippen molar-refractivity contribution in [1.29, 1.82) is 0 Å². The van der Waals surface area contributed by atoms with Crippen LogP contribution in [-0.4, -0.2) is 6.04 Å². The van der Waals surface area contributed by atoms with Gasteiger partial charge in [-0.15, -0.1) is 0 Å². The predicted octanol–water partition coefficient (Wildman–Crippen LogP) is 2.80. The number of hydrogen-bond acceptors (Lipinski definition) is 1. The molecule has 0 aliphatic carbocycles. The Morgan fingerprint density at radius 2 is 1.73 bits per heavy atom. The van der Waals surface area contributed by atoms with E-state index in [-0.39, 0.29) is 0 Å². The molecule has 0 bridgehead atoms. The normalized spacial score (nSPS) is 19.9. The van der Waals surface area contributed by atoms with Gasteiger partial charge in [-0.25, -0.2) is 0 Å². The van der Waals surface area contributed by atoms with E-state index in [1.165, 1.54) is 12.8 Å². The highest BCUT2D eigenvalue weighted by atomic mass is 14.7. The van der Waals surface area contributed by atoms with Crippen molar-refractivity contribution in [2.75, 3.05) is 0 Å². The first-order chi connectivity index (χ1) is 4.92. The van der Waals surface area contributed by atoms with E-state index in [9.17, 15) is 0 Å². The van der Waals surface area contributed by atoms with Gasteiger partial charge < -0.3 is 5.73 Å². The fourth-order valence-electron chi connectivity index (χ4n) is 1.58. The topological polar surface area (TPSA) is 26.0 Å². The van der Waals surface area contributed by atoms with Crippen LogP contribution in [0.2, 0.25) is 0 Å². The van der Waals surface area contributed by atoms with Gasteiger partial charge in [0.05, 0.1) is 0 Å². The van der Waals surface area contributed by atoms with Crippen molar-refractivity contribution >= 4 is 0 Å². The average molecular weight is 157 g/mol. The van der Waals surface area contributed by atoms with Crippen molar-refractivity contribution in [3.05, 3.63) is 0 Å². The van der Waals surface area contributed by atoms with Crippen LogP contribution < -0.4 is 5.73 Å². The largest absolute Gasteiger partial charge is 0.327 e. The fourth-order valence-corrected chi connectivity index (χ4v) is 1.58. The minimum absolute atomic E-state index is 0.315. The van der Waals surface area contributed by atoms with Gasteiger partial charge >= 0.3 is 0 Å². The smallest absolute Gasteiger partial charge is 0.00643 e. The van der Waals surface area contributed by atoms with E-state index in [4.69, 9.17) is 5.73 Å². The minimum atomic E-state index is 0.315. The Morgan fingerprint density at radius 3 is 1.82 bits per heavy atom. The molecule has 0 aliphatic rings. The summed E-state index contributed by atoms with van der Waals surface area (Å²) >= 11 is 0. The van der Waals surface area contributed by atoms with Crippen LogP contribution in [0.15, 0.2) is 0 Å². The predicted molar refractivity (Wildman–Crippen MR) is 51.5 cm³/mol. The molecule has 0 rings (SSSR count). The molecule has 0 spiro atoms. The van der Waals surface area contributed by atoms with E-state index in [2.05, 4.69) is 34.6 Å². The molecule has 0 heterocycles. The fraction of sp³-hybridized carbons (Fsp3) is 1.00. The third-order valence-corrected chi connectivity index (χ3v) is 2.78. The summed E-state index contributed by atoms with van der Waals surface area (Å²) in [5.74, 6) is 0.756. The lowest BCUT2D eigenvalue weighted by molar-refractivity contribution is 0.204. The second-order valence-corrected chi connectivity index (χ2v) is 4.39. The summed E-state index contributed by atoms with van der Waals surface area (Å²) in [7, 11) is 0. The van der Waals surface area contributed by atoms with Gasteiger partial charge in [0.2, 0.25) is 0 Å². The van der Waals surface area contributed by atoms with Crippen molar-refractivity contribution in [1.82, 2.24) is 0 Å². The first-order valence-corrected chi connectivity index (χ1v) is 4.68. The van der Waals surface area contributed by atoms with Gasteiger partial charge in [0.1, 0.15) is 0 Å². The van der Waals surface area contributed by atoms with Gasteiger partial charge in [0, 0.05) is 6.04 Å². The number of hydrogen-bond donors (Lipinski definition) is 1. The van der Waals surface area contributed by atoms with Crippen molar-refractivity contribution in [2.24, 2.45) is 17.1 Å². The quantitative estimate of drug-likeness (QED) is 0.667. The summed E-state index contributed by atoms with van der Waals surface area (Å²) in [6.45, 7) is 11.2. The van der Waals surface area contributed by atoms with Crippen LogP contribution in [0.5, 0.6) is 0 Å². The van der Waals surface area contributed by atoms with Gasteiger partial charge in [-0.1, -0.05) is 27.7 Å². The SMILES string of the molecule is CCC(C)(CC(C)C)C(C)N. The van der Waals surface area contributed by atoms with Crippen LogP contribution in [0.1, 0.15) is 47.5 Å². The van der Waals surface area contributed by atoms with E-state index in [1.807, 2.05) is 0 Å². The van der Waals surface area contributed by atoms with Crippen LogP contribution in [0, 0.1) is 11.3 Å². The number of rotatable bonds is 4.